The van der Waals surface area contributed by atoms with E-state index in [0.29, 0.717) is 0 Å². The molecule has 0 amide bonds. The molecule has 106 valence electrons. The van der Waals surface area contributed by atoms with Crippen LogP contribution >= 0.6 is 11.6 Å². The molecule has 1 aliphatic rings. The van der Waals surface area contributed by atoms with Crippen molar-refractivity contribution in [3.8, 4) is 5.75 Å². The van der Waals surface area contributed by atoms with Crippen LogP contribution in [-0.2, 0) is 4.74 Å². The molecule has 3 nitrogen and oxygen atoms in total. The number of ether oxygens (including phenoxy) is 2. The summed E-state index contributed by atoms with van der Waals surface area (Å²) in [6.45, 7) is 6.25. The number of quaternary nitrogens is 1. The summed E-state index contributed by atoms with van der Waals surface area (Å²) in [6.07, 6.45) is 3.63. The van der Waals surface area contributed by atoms with Crippen LogP contribution in [0.3, 0.4) is 0 Å². The zero-order valence-corrected chi connectivity index (χ0v) is 12.1. The Labute approximate surface area is 120 Å². The summed E-state index contributed by atoms with van der Waals surface area (Å²) in [5, 5.41) is 0.751. The van der Waals surface area contributed by atoms with Crippen molar-refractivity contribution in [3.63, 3.8) is 0 Å². The lowest BCUT2D eigenvalue weighted by atomic mass is 10.2. The second kappa shape index (κ2) is 8.41. The highest BCUT2D eigenvalue weighted by atomic mass is 35.5. The summed E-state index contributed by atoms with van der Waals surface area (Å²) in [5.74, 6) is 0.906. The van der Waals surface area contributed by atoms with Gasteiger partial charge in [0.15, 0.2) is 0 Å². The highest BCUT2D eigenvalue weighted by molar-refractivity contribution is 6.30. The molecule has 1 fully saturated rings. The monoisotopic (exact) mass is 284 g/mol. The lowest BCUT2D eigenvalue weighted by Gasteiger charge is -2.23. The van der Waals surface area contributed by atoms with Gasteiger partial charge in [-0.25, -0.2) is 0 Å². The molecule has 1 saturated heterocycles. The largest absolute Gasteiger partial charge is 0.494 e. The molecule has 1 aromatic rings. The third kappa shape index (κ3) is 5.81. The van der Waals surface area contributed by atoms with Crippen LogP contribution in [0.4, 0.5) is 0 Å². The fraction of sp³-hybridized carbons (Fsp3) is 0.600. The van der Waals surface area contributed by atoms with Gasteiger partial charge in [0, 0.05) is 5.02 Å². The van der Waals surface area contributed by atoms with Crippen molar-refractivity contribution in [3.05, 3.63) is 29.3 Å². The number of unbranched alkanes of at least 4 members (excludes halogenated alkanes) is 2. The van der Waals surface area contributed by atoms with Gasteiger partial charge >= 0.3 is 0 Å². The lowest BCUT2D eigenvalue weighted by molar-refractivity contribution is -0.908. The molecule has 2 rings (SSSR count). The highest BCUT2D eigenvalue weighted by Crippen LogP contribution is 2.15. The zero-order chi connectivity index (χ0) is 13.3. The molecule has 1 heterocycles. The quantitative estimate of drug-likeness (QED) is 0.772. The lowest BCUT2D eigenvalue weighted by Crippen LogP contribution is -3.14. The molecule has 4 heteroatoms. The highest BCUT2D eigenvalue weighted by Gasteiger charge is 2.12. The van der Waals surface area contributed by atoms with Gasteiger partial charge in [0.1, 0.15) is 18.8 Å². The van der Waals surface area contributed by atoms with Gasteiger partial charge in [-0.2, -0.15) is 0 Å². The van der Waals surface area contributed by atoms with Crippen molar-refractivity contribution in [2.75, 3.05) is 39.5 Å². The molecular formula is C15H23ClNO2+. The molecule has 1 aromatic carbocycles. The van der Waals surface area contributed by atoms with Gasteiger partial charge in [-0.15, -0.1) is 0 Å². The zero-order valence-electron chi connectivity index (χ0n) is 11.4. The first-order valence-electron chi connectivity index (χ1n) is 7.14. The Hall–Kier alpha value is -0.770. The minimum absolute atomic E-state index is 0.751. The second-order valence-electron chi connectivity index (χ2n) is 4.98. The van der Waals surface area contributed by atoms with Crippen LogP contribution in [0, 0.1) is 0 Å². The van der Waals surface area contributed by atoms with E-state index in [9.17, 15) is 0 Å². The molecule has 1 aliphatic heterocycles. The van der Waals surface area contributed by atoms with Gasteiger partial charge in [-0.1, -0.05) is 11.6 Å². The van der Waals surface area contributed by atoms with E-state index in [-0.39, 0.29) is 0 Å². The first-order chi connectivity index (χ1) is 9.34. The van der Waals surface area contributed by atoms with Crippen LogP contribution < -0.4 is 9.64 Å². The van der Waals surface area contributed by atoms with Crippen molar-refractivity contribution >= 4 is 11.6 Å². The maximum absolute atomic E-state index is 5.82. The average molecular weight is 285 g/mol. The summed E-state index contributed by atoms with van der Waals surface area (Å²) < 4.78 is 11.0. The van der Waals surface area contributed by atoms with E-state index in [0.717, 1.165) is 37.0 Å². The number of nitrogens with one attached hydrogen (secondary N) is 1. The number of hydrogen-bond acceptors (Lipinski definition) is 2. The van der Waals surface area contributed by atoms with Crippen molar-refractivity contribution in [2.24, 2.45) is 0 Å². The molecule has 19 heavy (non-hydrogen) atoms. The predicted octanol–water partition coefficient (Wildman–Crippen LogP) is 1.80. The molecule has 0 aromatic heterocycles. The van der Waals surface area contributed by atoms with Gasteiger partial charge in [0.05, 0.1) is 26.4 Å². The summed E-state index contributed by atoms with van der Waals surface area (Å²) in [4.78, 5) is 1.69. The van der Waals surface area contributed by atoms with Crippen LogP contribution in [0.5, 0.6) is 5.75 Å². The van der Waals surface area contributed by atoms with Gasteiger partial charge in [-0.05, 0) is 43.5 Å². The molecule has 0 radical (unpaired) electrons. The van der Waals surface area contributed by atoms with E-state index in [1.54, 1.807) is 4.90 Å². The van der Waals surface area contributed by atoms with E-state index >= 15 is 0 Å². The molecule has 0 atom stereocenters. The van der Waals surface area contributed by atoms with E-state index in [1.807, 2.05) is 24.3 Å². The summed E-state index contributed by atoms with van der Waals surface area (Å²) in [7, 11) is 0. The average Bonchev–Trinajstić information content (AvgIpc) is 2.46. The molecule has 0 spiro atoms. The van der Waals surface area contributed by atoms with Crippen LogP contribution in [0.1, 0.15) is 19.3 Å². The Morgan fingerprint density at radius 1 is 1.05 bits per heavy atom. The Morgan fingerprint density at radius 3 is 2.53 bits per heavy atom. The molecule has 0 unspecified atom stereocenters. The van der Waals surface area contributed by atoms with Crippen molar-refractivity contribution < 1.29 is 14.4 Å². The molecule has 0 aliphatic carbocycles. The molecule has 1 N–H and O–H groups in total. The maximum atomic E-state index is 5.82. The van der Waals surface area contributed by atoms with E-state index in [2.05, 4.69) is 0 Å². The number of rotatable bonds is 7. The maximum Gasteiger partial charge on any atom is 0.119 e. The fourth-order valence-corrected chi connectivity index (χ4v) is 2.41. The first kappa shape index (κ1) is 14.6. The Morgan fingerprint density at radius 2 is 1.79 bits per heavy atom. The van der Waals surface area contributed by atoms with Crippen LogP contribution in [-0.4, -0.2) is 39.5 Å². The second-order valence-corrected chi connectivity index (χ2v) is 5.41. The predicted molar refractivity (Wildman–Crippen MR) is 77.2 cm³/mol. The molecule has 0 bridgehead atoms. The standard InChI is InChI=1S/C15H22ClNO2/c16-14-4-6-15(7-5-14)19-11-3-1-2-8-17-9-12-18-13-10-17/h4-7H,1-3,8-13H2/p+1. The van der Waals surface area contributed by atoms with E-state index in [4.69, 9.17) is 21.1 Å². The van der Waals surface area contributed by atoms with Crippen molar-refractivity contribution in [2.45, 2.75) is 19.3 Å². The number of hydrogen-bond donors (Lipinski definition) is 1. The molecular weight excluding hydrogens is 262 g/mol. The van der Waals surface area contributed by atoms with Crippen LogP contribution in [0.15, 0.2) is 24.3 Å². The van der Waals surface area contributed by atoms with Crippen LogP contribution in [0.2, 0.25) is 5.02 Å². The fourth-order valence-electron chi connectivity index (χ4n) is 2.28. The summed E-state index contributed by atoms with van der Waals surface area (Å²) in [5.41, 5.74) is 0. The number of benzene rings is 1. The number of halogens is 1. The summed E-state index contributed by atoms with van der Waals surface area (Å²) in [6, 6.07) is 7.55. The first-order valence-corrected chi connectivity index (χ1v) is 7.52. The van der Waals surface area contributed by atoms with Crippen molar-refractivity contribution in [1.82, 2.24) is 0 Å². The smallest absolute Gasteiger partial charge is 0.119 e. The normalized spacial score (nSPS) is 16.5. The minimum Gasteiger partial charge on any atom is -0.494 e. The topological polar surface area (TPSA) is 22.9 Å². The third-order valence-electron chi connectivity index (χ3n) is 3.46. The third-order valence-corrected chi connectivity index (χ3v) is 3.71. The number of morpholine rings is 1. The van der Waals surface area contributed by atoms with Gasteiger partial charge in [0.25, 0.3) is 0 Å². The summed E-state index contributed by atoms with van der Waals surface area (Å²) >= 11 is 5.82. The Kier molecular flexibility index (Phi) is 6.48. The van der Waals surface area contributed by atoms with Crippen LogP contribution in [0.25, 0.3) is 0 Å². The van der Waals surface area contributed by atoms with E-state index in [1.165, 1.54) is 32.5 Å². The van der Waals surface area contributed by atoms with Gasteiger partial charge < -0.3 is 14.4 Å². The SMILES string of the molecule is Clc1ccc(OCCCCC[NH+]2CCOCC2)cc1. The Balaban J connectivity index is 1.49. The minimum atomic E-state index is 0.751. The Bertz CT molecular complexity index is 350. The van der Waals surface area contributed by atoms with Crippen molar-refractivity contribution in [1.29, 1.82) is 0 Å². The van der Waals surface area contributed by atoms with E-state index < -0.39 is 0 Å². The van der Waals surface area contributed by atoms with Gasteiger partial charge in [-0.3, -0.25) is 0 Å². The van der Waals surface area contributed by atoms with Gasteiger partial charge in [0.2, 0.25) is 0 Å². The molecule has 0 saturated carbocycles.